The summed E-state index contributed by atoms with van der Waals surface area (Å²) in [6.07, 6.45) is 0. The number of hydrogen-bond donors (Lipinski definition) is 0. The van der Waals surface area contributed by atoms with E-state index in [0.717, 1.165) is 16.9 Å². The van der Waals surface area contributed by atoms with Crippen molar-refractivity contribution >= 4 is 16.7 Å². The maximum atomic E-state index is 13.4. The normalized spacial score (nSPS) is 11.7. The highest BCUT2D eigenvalue weighted by Gasteiger charge is 2.16. The highest BCUT2D eigenvalue weighted by molar-refractivity contribution is 5.80. The monoisotopic (exact) mass is 365 g/mol. The Kier molecular flexibility index (Phi) is 4.45. The fourth-order valence-corrected chi connectivity index (χ4v) is 3.45. The molecular weight excluding hydrogens is 345 g/mol. The van der Waals surface area contributed by atoms with Gasteiger partial charge in [-0.25, -0.2) is 4.39 Å². The van der Waals surface area contributed by atoms with Gasteiger partial charge in [-0.15, -0.1) is 10.2 Å². The van der Waals surface area contributed by atoms with Crippen molar-refractivity contribution < 1.29 is 4.39 Å². The van der Waals surface area contributed by atoms with Crippen molar-refractivity contribution in [3.05, 3.63) is 76.1 Å². The standard InChI is InChI=1S/C20H20FN5O/c1-3-25-19(27)16-9-4-5-10-17(16)26-18(22-23-20(25)26)13-24(2)12-14-7-6-8-15(21)11-14/h4-11H,3,12-13H2,1-2H3. The molecule has 0 radical (unpaired) electrons. The number of nitrogens with zero attached hydrogens (tertiary/aromatic N) is 5. The molecule has 0 bridgehead atoms. The quantitative estimate of drug-likeness (QED) is 0.546. The lowest BCUT2D eigenvalue weighted by Gasteiger charge is -2.16. The average molecular weight is 365 g/mol. The summed E-state index contributed by atoms with van der Waals surface area (Å²) >= 11 is 0. The maximum Gasteiger partial charge on any atom is 0.262 e. The number of rotatable bonds is 5. The fourth-order valence-electron chi connectivity index (χ4n) is 3.45. The second-order valence-corrected chi connectivity index (χ2v) is 6.62. The van der Waals surface area contributed by atoms with E-state index in [0.29, 0.717) is 30.8 Å². The molecule has 4 rings (SSSR count). The van der Waals surface area contributed by atoms with Crippen LogP contribution in [-0.4, -0.2) is 31.1 Å². The number of hydrogen-bond acceptors (Lipinski definition) is 4. The molecule has 0 aliphatic rings. The Bertz CT molecular complexity index is 1180. The summed E-state index contributed by atoms with van der Waals surface area (Å²) in [4.78, 5) is 14.8. The van der Waals surface area contributed by atoms with E-state index >= 15 is 0 Å². The number of aromatic nitrogens is 4. The Labute approximate surface area is 155 Å². The molecule has 6 nitrogen and oxygen atoms in total. The fraction of sp³-hybridized carbons (Fsp3) is 0.250. The van der Waals surface area contributed by atoms with Crippen molar-refractivity contribution in [1.29, 1.82) is 0 Å². The highest BCUT2D eigenvalue weighted by Crippen LogP contribution is 2.16. The Balaban J connectivity index is 1.76. The van der Waals surface area contributed by atoms with E-state index in [1.54, 1.807) is 10.6 Å². The summed E-state index contributed by atoms with van der Waals surface area (Å²) in [5.41, 5.74) is 1.62. The lowest BCUT2D eigenvalue weighted by molar-refractivity contribution is 0.309. The molecule has 0 saturated carbocycles. The lowest BCUT2D eigenvalue weighted by atomic mass is 10.2. The summed E-state index contributed by atoms with van der Waals surface area (Å²) in [5.74, 6) is 1.03. The van der Waals surface area contributed by atoms with Crippen LogP contribution in [0.5, 0.6) is 0 Å². The van der Waals surface area contributed by atoms with Crippen LogP contribution >= 0.6 is 0 Å². The smallest absolute Gasteiger partial charge is 0.262 e. The first-order valence-corrected chi connectivity index (χ1v) is 8.87. The van der Waals surface area contributed by atoms with E-state index in [2.05, 4.69) is 10.2 Å². The topological polar surface area (TPSA) is 55.4 Å². The van der Waals surface area contributed by atoms with E-state index in [4.69, 9.17) is 0 Å². The van der Waals surface area contributed by atoms with Gasteiger partial charge < -0.3 is 0 Å². The van der Waals surface area contributed by atoms with E-state index in [-0.39, 0.29) is 11.4 Å². The van der Waals surface area contributed by atoms with Gasteiger partial charge in [-0.05, 0) is 43.8 Å². The van der Waals surface area contributed by atoms with Gasteiger partial charge in [-0.1, -0.05) is 24.3 Å². The second kappa shape index (κ2) is 6.92. The SMILES string of the molecule is CCn1c(=O)c2ccccc2n2c(CN(C)Cc3cccc(F)c3)nnc12. The molecule has 2 heterocycles. The largest absolute Gasteiger partial charge is 0.295 e. The molecule has 0 N–H and O–H groups in total. The van der Waals surface area contributed by atoms with Gasteiger partial charge in [0.1, 0.15) is 5.82 Å². The minimum absolute atomic E-state index is 0.0623. The molecule has 2 aromatic carbocycles. The van der Waals surface area contributed by atoms with Crippen LogP contribution in [0.1, 0.15) is 18.3 Å². The maximum absolute atomic E-state index is 13.4. The molecule has 7 heteroatoms. The summed E-state index contributed by atoms with van der Waals surface area (Å²) in [7, 11) is 1.95. The van der Waals surface area contributed by atoms with Crippen LogP contribution < -0.4 is 5.56 Å². The molecule has 4 aromatic rings. The van der Waals surface area contributed by atoms with Gasteiger partial charge in [0.25, 0.3) is 5.56 Å². The van der Waals surface area contributed by atoms with Crippen LogP contribution in [0.3, 0.4) is 0 Å². The van der Waals surface area contributed by atoms with Crippen LogP contribution in [0.15, 0.2) is 53.3 Å². The minimum atomic E-state index is -0.244. The Morgan fingerprint density at radius 2 is 1.89 bits per heavy atom. The van der Waals surface area contributed by atoms with Crippen molar-refractivity contribution in [3.8, 4) is 0 Å². The van der Waals surface area contributed by atoms with Crippen molar-refractivity contribution in [2.24, 2.45) is 0 Å². The lowest BCUT2D eigenvalue weighted by Crippen LogP contribution is -2.24. The molecule has 0 saturated heterocycles. The summed E-state index contributed by atoms with van der Waals surface area (Å²) < 4.78 is 17.0. The molecule has 0 atom stereocenters. The van der Waals surface area contributed by atoms with Gasteiger partial charge in [0.2, 0.25) is 5.78 Å². The number of halogens is 1. The van der Waals surface area contributed by atoms with Crippen molar-refractivity contribution in [2.75, 3.05) is 7.05 Å². The van der Waals surface area contributed by atoms with Crippen molar-refractivity contribution in [2.45, 2.75) is 26.6 Å². The zero-order valence-corrected chi connectivity index (χ0v) is 15.3. The van der Waals surface area contributed by atoms with Crippen LogP contribution in [0, 0.1) is 5.82 Å². The molecule has 27 heavy (non-hydrogen) atoms. The summed E-state index contributed by atoms with van der Waals surface area (Å²) in [5, 5.41) is 9.24. The van der Waals surface area contributed by atoms with E-state index in [9.17, 15) is 9.18 Å². The molecule has 0 aliphatic heterocycles. The van der Waals surface area contributed by atoms with Crippen molar-refractivity contribution in [3.63, 3.8) is 0 Å². The predicted molar refractivity (Wildman–Crippen MR) is 102 cm³/mol. The molecule has 0 spiro atoms. The average Bonchev–Trinajstić information content (AvgIpc) is 3.05. The van der Waals surface area contributed by atoms with Gasteiger partial charge in [0, 0.05) is 13.1 Å². The zero-order chi connectivity index (χ0) is 19.0. The number of para-hydroxylation sites is 1. The number of fused-ring (bicyclic) bond motifs is 3. The van der Waals surface area contributed by atoms with Crippen LogP contribution in [0.4, 0.5) is 4.39 Å². The molecule has 0 fully saturated rings. The molecule has 0 aliphatic carbocycles. The van der Waals surface area contributed by atoms with Gasteiger partial charge in [-0.2, -0.15) is 0 Å². The summed E-state index contributed by atoms with van der Waals surface area (Å²) in [6.45, 7) is 3.53. The Hall–Kier alpha value is -3.06. The first kappa shape index (κ1) is 17.4. The van der Waals surface area contributed by atoms with Crippen molar-refractivity contribution in [1.82, 2.24) is 24.1 Å². The third-order valence-corrected chi connectivity index (χ3v) is 4.64. The summed E-state index contributed by atoms with van der Waals surface area (Å²) in [6, 6.07) is 14.1. The number of benzene rings is 2. The minimum Gasteiger partial charge on any atom is -0.295 e. The van der Waals surface area contributed by atoms with E-state index in [1.807, 2.05) is 53.6 Å². The van der Waals surface area contributed by atoms with Gasteiger partial charge >= 0.3 is 0 Å². The van der Waals surface area contributed by atoms with Gasteiger partial charge in [-0.3, -0.25) is 18.7 Å². The molecule has 0 unspecified atom stereocenters. The third-order valence-electron chi connectivity index (χ3n) is 4.64. The number of aryl methyl sites for hydroxylation is 1. The first-order valence-electron chi connectivity index (χ1n) is 8.87. The zero-order valence-electron chi connectivity index (χ0n) is 15.3. The Morgan fingerprint density at radius 1 is 1.07 bits per heavy atom. The predicted octanol–water partition coefficient (Wildman–Crippen LogP) is 2.84. The first-order chi connectivity index (χ1) is 13.1. The highest BCUT2D eigenvalue weighted by atomic mass is 19.1. The van der Waals surface area contributed by atoms with Crippen LogP contribution in [0.25, 0.3) is 16.7 Å². The van der Waals surface area contributed by atoms with Crippen LogP contribution in [-0.2, 0) is 19.6 Å². The third kappa shape index (κ3) is 3.10. The molecule has 0 amide bonds. The van der Waals surface area contributed by atoms with Gasteiger partial charge in [0.05, 0.1) is 17.4 Å². The second-order valence-electron chi connectivity index (χ2n) is 6.62. The van der Waals surface area contributed by atoms with E-state index in [1.165, 1.54) is 12.1 Å². The Morgan fingerprint density at radius 3 is 2.67 bits per heavy atom. The van der Waals surface area contributed by atoms with Gasteiger partial charge in [0.15, 0.2) is 5.82 Å². The van der Waals surface area contributed by atoms with Crippen LogP contribution in [0.2, 0.25) is 0 Å². The molecular formula is C20H20FN5O. The van der Waals surface area contributed by atoms with E-state index < -0.39 is 0 Å². The molecule has 138 valence electrons. The molecule has 2 aromatic heterocycles.